The van der Waals surface area contributed by atoms with E-state index in [-0.39, 0.29) is 21.2 Å². The molecule has 0 radical (unpaired) electrons. The van der Waals surface area contributed by atoms with E-state index in [0.717, 1.165) is 5.56 Å². The summed E-state index contributed by atoms with van der Waals surface area (Å²) in [5.74, 6) is 0.650. The molecule has 0 saturated heterocycles. The van der Waals surface area contributed by atoms with Crippen molar-refractivity contribution >= 4 is 5.84 Å². The topological polar surface area (TPSA) is 51.3 Å². The fourth-order valence-corrected chi connectivity index (χ4v) is 3.51. The molecule has 1 unspecified atom stereocenters. The van der Waals surface area contributed by atoms with E-state index in [0.29, 0.717) is 9.88 Å². The average Bonchev–Trinajstić information content (AvgIpc) is 2.04. The van der Waals surface area contributed by atoms with Crippen LogP contribution in [-0.2, 0) is 0 Å². The van der Waals surface area contributed by atoms with E-state index >= 15 is 0 Å². The zero-order valence-electron chi connectivity index (χ0n) is 6.66. The number of hydrogen-bond acceptors (Lipinski definition) is 3. The molecule has 3 nitrogen and oxygen atoms in total. The molecule has 2 heterocycles. The van der Waals surface area contributed by atoms with Crippen LogP contribution in [0.5, 0.6) is 0 Å². The fourth-order valence-electron chi connectivity index (χ4n) is 1.10. The van der Waals surface area contributed by atoms with Gasteiger partial charge >= 0.3 is 81.3 Å². The van der Waals surface area contributed by atoms with E-state index in [9.17, 15) is 0 Å². The molecule has 1 aliphatic heterocycles. The Balaban J connectivity index is 2.53. The number of alkyl halides is 1. The molecule has 1 aromatic heterocycles. The Kier molecular flexibility index (Phi) is 2.00. The molecule has 0 bridgehead atoms. The van der Waals surface area contributed by atoms with Gasteiger partial charge in [-0.15, -0.1) is 0 Å². The number of pyridine rings is 1. The average molecular weight is 274 g/mol. The quantitative estimate of drug-likeness (QED) is 0.244. The van der Waals surface area contributed by atoms with Gasteiger partial charge in [-0.25, -0.2) is 0 Å². The minimum absolute atomic E-state index is 0.0736. The predicted molar refractivity (Wildman–Crippen MR) is 43.1 cm³/mol. The molecular formula is C8H9IN3-. The van der Waals surface area contributed by atoms with E-state index in [2.05, 4.69) is 16.9 Å². The zero-order valence-corrected chi connectivity index (χ0v) is 8.82. The summed E-state index contributed by atoms with van der Waals surface area (Å²) < 4.78 is 1.56. The molecule has 0 amide bonds. The van der Waals surface area contributed by atoms with Crippen LogP contribution in [0, 0.1) is 3.70 Å². The Morgan fingerprint density at radius 3 is 3.25 bits per heavy atom. The first-order valence-electron chi connectivity index (χ1n) is 3.69. The molecule has 1 atom stereocenters. The number of aliphatic imine (C=N–C) groups is 1. The summed E-state index contributed by atoms with van der Waals surface area (Å²) in [7, 11) is 0. The van der Waals surface area contributed by atoms with Gasteiger partial charge in [0, 0.05) is 0 Å². The third kappa shape index (κ3) is 1.31. The SMILES string of the molecule is CC1N=C(N)c2cccnc2[I-]1. The van der Waals surface area contributed by atoms with Crippen molar-refractivity contribution in [1.29, 1.82) is 0 Å². The standard InChI is InChI=1S/C8H9IN3/c1-5-9-7-6(8(10)12-5)3-2-4-11-7/h2-5H,1H3,(H2,10,12)/q-1. The Bertz CT molecular complexity index is 335. The van der Waals surface area contributed by atoms with E-state index in [1.165, 1.54) is 3.70 Å². The maximum atomic E-state index is 5.76. The summed E-state index contributed by atoms with van der Waals surface area (Å²) in [6, 6.07) is 3.90. The summed E-state index contributed by atoms with van der Waals surface area (Å²) in [5, 5.41) is 0. The van der Waals surface area contributed by atoms with Crippen molar-refractivity contribution in [2.45, 2.75) is 11.0 Å². The molecule has 1 aliphatic rings. The van der Waals surface area contributed by atoms with Crippen LogP contribution in [0.1, 0.15) is 12.5 Å². The van der Waals surface area contributed by atoms with Crippen LogP contribution in [0.4, 0.5) is 0 Å². The van der Waals surface area contributed by atoms with Crippen LogP contribution in [0.25, 0.3) is 0 Å². The van der Waals surface area contributed by atoms with Crippen molar-refractivity contribution < 1.29 is 21.2 Å². The van der Waals surface area contributed by atoms with Crippen molar-refractivity contribution in [2.24, 2.45) is 10.7 Å². The third-order valence-electron chi connectivity index (χ3n) is 1.61. The van der Waals surface area contributed by atoms with Gasteiger partial charge in [-0.2, -0.15) is 0 Å². The van der Waals surface area contributed by atoms with Gasteiger partial charge in [-0.05, 0) is 0 Å². The monoisotopic (exact) mass is 274 g/mol. The number of fused-ring (bicyclic) bond motifs is 1. The number of halogens is 1. The van der Waals surface area contributed by atoms with Crippen LogP contribution in [0.3, 0.4) is 0 Å². The van der Waals surface area contributed by atoms with E-state index in [1.54, 1.807) is 0 Å². The second kappa shape index (κ2) is 3.01. The minimum atomic E-state index is -0.0736. The molecule has 0 aromatic carbocycles. The van der Waals surface area contributed by atoms with Gasteiger partial charge in [0.25, 0.3) is 0 Å². The van der Waals surface area contributed by atoms with Gasteiger partial charge in [-0.1, -0.05) is 0 Å². The van der Waals surface area contributed by atoms with Crippen LogP contribution in [0.15, 0.2) is 23.3 Å². The van der Waals surface area contributed by atoms with Gasteiger partial charge in [0.15, 0.2) is 0 Å². The number of aromatic nitrogens is 1. The summed E-state index contributed by atoms with van der Waals surface area (Å²) in [6.07, 6.45) is 1.82. The summed E-state index contributed by atoms with van der Waals surface area (Å²) in [4.78, 5) is 8.64. The van der Waals surface area contributed by atoms with E-state index in [1.807, 2.05) is 18.3 Å². The maximum absolute atomic E-state index is 5.76. The fraction of sp³-hybridized carbons (Fsp3) is 0.250. The van der Waals surface area contributed by atoms with Crippen molar-refractivity contribution in [2.75, 3.05) is 0 Å². The molecule has 0 spiro atoms. The first-order valence-corrected chi connectivity index (χ1v) is 6.02. The number of amidine groups is 1. The Morgan fingerprint density at radius 1 is 1.58 bits per heavy atom. The van der Waals surface area contributed by atoms with Crippen LogP contribution >= 0.6 is 0 Å². The number of nitrogens with zero attached hydrogens (tertiary/aromatic N) is 2. The molecule has 64 valence electrons. The van der Waals surface area contributed by atoms with E-state index < -0.39 is 0 Å². The molecular weight excluding hydrogens is 265 g/mol. The van der Waals surface area contributed by atoms with Gasteiger partial charge in [0.1, 0.15) is 0 Å². The Hall–Kier alpha value is -0.650. The van der Waals surface area contributed by atoms with Crippen LogP contribution < -0.4 is 26.9 Å². The molecule has 0 fully saturated rings. The normalized spacial score (nSPS) is 22.1. The number of nitrogens with two attached hydrogens (primary N) is 1. The number of rotatable bonds is 0. The van der Waals surface area contributed by atoms with Crippen LogP contribution in [0.2, 0.25) is 0 Å². The second-order valence-corrected chi connectivity index (χ2v) is 5.99. The Labute approximate surface area is 81.4 Å². The van der Waals surface area contributed by atoms with E-state index in [4.69, 9.17) is 5.73 Å². The van der Waals surface area contributed by atoms with Crippen molar-refractivity contribution in [3.05, 3.63) is 27.6 Å². The molecule has 0 aliphatic carbocycles. The third-order valence-corrected chi connectivity index (χ3v) is 4.24. The first-order chi connectivity index (χ1) is 5.77. The van der Waals surface area contributed by atoms with Gasteiger partial charge in [-0.3, -0.25) is 0 Å². The molecule has 2 rings (SSSR count). The molecule has 1 aromatic rings. The van der Waals surface area contributed by atoms with Gasteiger partial charge in [0.05, 0.1) is 0 Å². The van der Waals surface area contributed by atoms with Crippen molar-refractivity contribution in [1.82, 2.24) is 4.98 Å². The van der Waals surface area contributed by atoms with Crippen LogP contribution in [-0.4, -0.2) is 14.9 Å². The predicted octanol–water partition coefficient (Wildman–Crippen LogP) is -2.59. The molecule has 4 heteroatoms. The van der Waals surface area contributed by atoms with Gasteiger partial charge in [0.2, 0.25) is 0 Å². The molecule has 12 heavy (non-hydrogen) atoms. The molecule has 0 saturated carbocycles. The summed E-state index contributed by atoms with van der Waals surface area (Å²) >= 11 is -0.0736. The van der Waals surface area contributed by atoms with Crippen molar-refractivity contribution in [3.63, 3.8) is 0 Å². The van der Waals surface area contributed by atoms with Crippen molar-refractivity contribution in [3.8, 4) is 0 Å². The second-order valence-electron chi connectivity index (χ2n) is 2.54. The Morgan fingerprint density at radius 2 is 2.42 bits per heavy atom. The zero-order chi connectivity index (χ0) is 8.55. The first kappa shape index (κ1) is 7.97. The van der Waals surface area contributed by atoms with Gasteiger partial charge < -0.3 is 0 Å². The summed E-state index contributed by atoms with van der Waals surface area (Å²) in [5.41, 5.74) is 6.81. The molecule has 2 N–H and O–H groups in total. The summed E-state index contributed by atoms with van der Waals surface area (Å²) in [6.45, 7) is 2.10. The number of hydrogen-bond donors (Lipinski definition) is 1.